The van der Waals surface area contributed by atoms with Crippen LogP contribution in [0, 0.1) is 5.41 Å². The van der Waals surface area contributed by atoms with Crippen molar-refractivity contribution in [3.05, 3.63) is 11.8 Å². The molecule has 7 nitrogen and oxygen atoms in total. The minimum Gasteiger partial charge on any atom is -0.379 e. The zero-order valence-corrected chi connectivity index (χ0v) is 17.0. The van der Waals surface area contributed by atoms with Crippen LogP contribution in [0.4, 0.5) is 8.78 Å². The van der Waals surface area contributed by atoms with Crippen molar-refractivity contribution in [3.8, 4) is 0 Å². The summed E-state index contributed by atoms with van der Waals surface area (Å²) in [6.45, 7) is 4.42. The van der Waals surface area contributed by atoms with E-state index in [1.165, 1.54) is 11.4 Å². The van der Waals surface area contributed by atoms with Gasteiger partial charge in [0.05, 0.1) is 13.2 Å². The Kier molecular flexibility index (Phi) is 5.49. The summed E-state index contributed by atoms with van der Waals surface area (Å²) in [6.07, 6.45) is 2.27. The van der Waals surface area contributed by atoms with Crippen LogP contribution in [0.5, 0.6) is 0 Å². The highest BCUT2D eigenvalue weighted by molar-refractivity contribution is 7.89. The lowest BCUT2D eigenvalue weighted by Crippen LogP contribution is -2.45. The SMILES string of the molecule is Cn1nc(C(F)F)cc1S(=O)(=O)N1CCC2(CCC(N3CCOCC3)C2)CC1. The maximum Gasteiger partial charge on any atom is 0.282 e. The second-order valence-electron chi connectivity index (χ2n) is 8.28. The molecule has 0 radical (unpaired) electrons. The van der Waals surface area contributed by atoms with E-state index < -0.39 is 22.1 Å². The fourth-order valence-electron chi connectivity index (χ4n) is 5.04. The van der Waals surface area contributed by atoms with Crippen molar-refractivity contribution in [2.24, 2.45) is 12.5 Å². The van der Waals surface area contributed by atoms with Gasteiger partial charge in [-0.15, -0.1) is 0 Å². The highest BCUT2D eigenvalue weighted by Gasteiger charge is 2.45. The van der Waals surface area contributed by atoms with E-state index in [1.54, 1.807) is 0 Å². The van der Waals surface area contributed by atoms with Crippen molar-refractivity contribution in [1.82, 2.24) is 19.0 Å². The molecule has 1 aromatic rings. The van der Waals surface area contributed by atoms with Crippen molar-refractivity contribution in [1.29, 1.82) is 0 Å². The molecule has 1 saturated carbocycles. The average molecular weight is 419 g/mol. The van der Waals surface area contributed by atoms with Crippen molar-refractivity contribution in [3.63, 3.8) is 0 Å². The monoisotopic (exact) mass is 418 g/mol. The van der Waals surface area contributed by atoms with Crippen LogP contribution in [-0.2, 0) is 21.8 Å². The third-order valence-electron chi connectivity index (χ3n) is 6.71. The Morgan fingerprint density at radius 1 is 1.18 bits per heavy atom. The van der Waals surface area contributed by atoms with E-state index in [9.17, 15) is 17.2 Å². The number of hydrogen-bond donors (Lipinski definition) is 0. The molecular weight excluding hydrogens is 390 g/mol. The number of piperidine rings is 1. The van der Waals surface area contributed by atoms with E-state index >= 15 is 0 Å². The highest BCUT2D eigenvalue weighted by atomic mass is 32.2. The molecule has 2 aliphatic heterocycles. The molecule has 3 aliphatic rings. The molecule has 1 unspecified atom stereocenters. The molecule has 0 N–H and O–H groups in total. The molecule has 10 heteroatoms. The Hall–Kier alpha value is -1.10. The maximum atomic E-state index is 13.0. The number of hydrogen-bond acceptors (Lipinski definition) is 5. The molecule has 1 atom stereocenters. The Balaban J connectivity index is 1.41. The Morgan fingerprint density at radius 3 is 2.46 bits per heavy atom. The predicted molar refractivity (Wildman–Crippen MR) is 98.6 cm³/mol. The van der Waals surface area contributed by atoms with Crippen LogP contribution >= 0.6 is 0 Å². The second kappa shape index (κ2) is 7.62. The summed E-state index contributed by atoms with van der Waals surface area (Å²) in [7, 11) is -2.42. The Labute approximate surface area is 164 Å². The molecular formula is C18H28F2N4O3S. The normalized spacial score (nSPS) is 27.1. The van der Waals surface area contributed by atoms with Gasteiger partial charge in [0.1, 0.15) is 5.69 Å². The number of aromatic nitrogens is 2. The zero-order valence-electron chi connectivity index (χ0n) is 16.2. The smallest absolute Gasteiger partial charge is 0.282 e. The minimum atomic E-state index is -3.81. The molecule has 158 valence electrons. The summed E-state index contributed by atoms with van der Waals surface area (Å²) in [4.78, 5) is 2.52. The number of morpholine rings is 1. The van der Waals surface area contributed by atoms with E-state index in [2.05, 4.69) is 10.00 Å². The summed E-state index contributed by atoms with van der Waals surface area (Å²) in [5.74, 6) is 0. The molecule has 4 rings (SSSR count). The van der Waals surface area contributed by atoms with E-state index in [4.69, 9.17) is 4.74 Å². The lowest BCUT2D eigenvalue weighted by atomic mass is 9.77. The first-order chi connectivity index (χ1) is 13.3. The molecule has 3 heterocycles. The van der Waals surface area contributed by atoms with Gasteiger partial charge < -0.3 is 4.74 Å². The number of nitrogens with zero attached hydrogens (tertiary/aromatic N) is 4. The average Bonchev–Trinajstić information content (AvgIpc) is 3.28. The van der Waals surface area contributed by atoms with Gasteiger partial charge in [-0.3, -0.25) is 9.58 Å². The van der Waals surface area contributed by atoms with Gasteiger partial charge in [-0.25, -0.2) is 17.2 Å². The fourth-order valence-corrected chi connectivity index (χ4v) is 6.61. The minimum absolute atomic E-state index is 0.156. The third kappa shape index (κ3) is 3.71. The number of ether oxygens (including phenoxy) is 1. The fraction of sp³-hybridized carbons (Fsp3) is 0.833. The van der Waals surface area contributed by atoms with E-state index in [0.717, 1.165) is 69.2 Å². The first kappa shape index (κ1) is 20.2. The number of alkyl halides is 2. The molecule has 1 aliphatic carbocycles. The van der Waals surface area contributed by atoms with Gasteiger partial charge in [0, 0.05) is 45.3 Å². The topological polar surface area (TPSA) is 67.7 Å². The number of halogens is 2. The van der Waals surface area contributed by atoms with Crippen LogP contribution in [0.1, 0.15) is 44.2 Å². The maximum absolute atomic E-state index is 13.0. The third-order valence-corrected chi connectivity index (χ3v) is 8.66. The predicted octanol–water partition coefficient (Wildman–Crippen LogP) is 2.01. The standard InChI is InChI=1S/C18H28F2N4O3S/c1-22-16(12-15(21-22)17(19)20)28(25,26)24-6-4-18(5-7-24)3-2-14(13-18)23-8-10-27-11-9-23/h12,14,17H,2-11,13H2,1H3. The molecule has 0 bridgehead atoms. The Morgan fingerprint density at radius 2 is 1.86 bits per heavy atom. The summed E-state index contributed by atoms with van der Waals surface area (Å²) in [5.41, 5.74) is -0.297. The molecule has 0 amide bonds. The van der Waals surface area contributed by atoms with Crippen LogP contribution in [0.3, 0.4) is 0 Å². The summed E-state index contributed by atoms with van der Waals surface area (Å²) < 4.78 is 59.6. The first-order valence-electron chi connectivity index (χ1n) is 9.95. The van der Waals surface area contributed by atoms with Crippen LogP contribution in [0.2, 0.25) is 0 Å². The van der Waals surface area contributed by atoms with Crippen molar-refractivity contribution < 1.29 is 21.9 Å². The molecule has 1 aromatic heterocycles. The lowest BCUT2D eigenvalue weighted by Gasteiger charge is -2.40. The lowest BCUT2D eigenvalue weighted by molar-refractivity contribution is 0.0137. The van der Waals surface area contributed by atoms with E-state index in [1.807, 2.05) is 0 Å². The van der Waals surface area contributed by atoms with Gasteiger partial charge in [-0.1, -0.05) is 0 Å². The summed E-state index contributed by atoms with van der Waals surface area (Å²) in [5, 5.41) is 3.49. The molecule has 2 saturated heterocycles. The van der Waals surface area contributed by atoms with Gasteiger partial charge >= 0.3 is 0 Å². The van der Waals surface area contributed by atoms with Gasteiger partial charge in [0.25, 0.3) is 16.4 Å². The highest BCUT2D eigenvalue weighted by Crippen LogP contribution is 2.48. The zero-order chi connectivity index (χ0) is 19.9. The summed E-state index contributed by atoms with van der Waals surface area (Å²) in [6, 6.07) is 1.56. The second-order valence-corrected chi connectivity index (χ2v) is 10.2. The van der Waals surface area contributed by atoms with Gasteiger partial charge in [-0.05, 0) is 37.5 Å². The Bertz CT molecular complexity index is 800. The largest absolute Gasteiger partial charge is 0.379 e. The van der Waals surface area contributed by atoms with Gasteiger partial charge in [0.15, 0.2) is 5.03 Å². The van der Waals surface area contributed by atoms with Crippen LogP contribution < -0.4 is 0 Å². The van der Waals surface area contributed by atoms with Crippen molar-refractivity contribution >= 4 is 10.0 Å². The van der Waals surface area contributed by atoms with Gasteiger partial charge in [0.2, 0.25) is 0 Å². The molecule has 1 spiro atoms. The van der Waals surface area contributed by atoms with Crippen molar-refractivity contribution in [2.75, 3.05) is 39.4 Å². The summed E-state index contributed by atoms with van der Waals surface area (Å²) >= 11 is 0. The van der Waals surface area contributed by atoms with Crippen LogP contribution in [-0.4, -0.2) is 72.8 Å². The quantitative estimate of drug-likeness (QED) is 0.748. The molecule has 3 fully saturated rings. The van der Waals surface area contributed by atoms with Crippen LogP contribution in [0.25, 0.3) is 0 Å². The van der Waals surface area contributed by atoms with E-state index in [-0.39, 0.29) is 10.4 Å². The molecule has 28 heavy (non-hydrogen) atoms. The number of rotatable bonds is 4. The molecule has 0 aromatic carbocycles. The first-order valence-corrected chi connectivity index (χ1v) is 11.4. The van der Waals surface area contributed by atoms with Gasteiger partial charge in [-0.2, -0.15) is 9.40 Å². The number of sulfonamides is 1. The van der Waals surface area contributed by atoms with E-state index in [0.29, 0.717) is 19.1 Å². The number of aryl methyl sites for hydroxylation is 1. The van der Waals surface area contributed by atoms with Crippen molar-refractivity contribution in [2.45, 2.75) is 49.6 Å². The van der Waals surface area contributed by atoms with Crippen LogP contribution in [0.15, 0.2) is 11.1 Å².